The lowest BCUT2D eigenvalue weighted by atomic mass is 10.1. The SMILES string of the molecule is CCNC(CN)c1cccc(Cl)c1Cl. The second kappa shape index (κ2) is 5.56. The van der Waals surface area contributed by atoms with Crippen LogP contribution in [0.3, 0.4) is 0 Å². The van der Waals surface area contributed by atoms with E-state index in [0.29, 0.717) is 16.6 Å². The number of nitrogens with two attached hydrogens (primary N) is 1. The largest absolute Gasteiger partial charge is 0.329 e. The third kappa shape index (κ3) is 2.61. The molecule has 1 aromatic carbocycles. The lowest BCUT2D eigenvalue weighted by Gasteiger charge is -2.17. The highest BCUT2D eigenvalue weighted by Crippen LogP contribution is 2.29. The van der Waals surface area contributed by atoms with E-state index in [1.165, 1.54) is 0 Å². The fourth-order valence-electron chi connectivity index (χ4n) is 1.36. The summed E-state index contributed by atoms with van der Waals surface area (Å²) in [5.74, 6) is 0. The van der Waals surface area contributed by atoms with Gasteiger partial charge in [0.1, 0.15) is 0 Å². The van der Waals surface area contributed by atoms with Crippen molar-refractivity contribution in [1.82, 2.24) is 5.32 Å². The molecule has 1 atom stereocenters. The van der Waals surface area contributed by atoms with Crippen LogP contribution in [0.4, 0.5) is 0 Å². The summed E-state index contributed by atoms with van der Waals surface area (Å²) >= 11 is 12.0. The normalized spacial score (nSPS) is 12.9. The van der Waals surface area contributed by atoms with Crippen LogP contribution in [0.15, 0.2) is 18.2 Å². The Labute approximate surface area is 94.4 Å². The Hall–Kier alpha value is -0.280. The van der Waals surface area contributed by atoms with Crippen molar-refractivity contribution >= 4 is 23.2 Å². The highest BCUT2D eigenvalue weighted by atomic mass is 35.5. The van der Waals surface area contributed by atoms with Crippen molar-refractivity contribution in [2.45, 2.75) is 13.0 Å². The van der Waals surface area contributed by atoms with Gasteiger partial charge in [-0.3, -0.25) is 0 Å². The fraction of sp³-hybridized carbons (Fsp3) is 0.400. The average molecular weight is 233 g/mol. The fourth-order valence-corrected chi connectivity index (χ4v) is 1.80. The molecule has 0 heterocycles. The van der Waals surface area contributed by atoms with Gasteiger partial charge < -0.3 is 11.1 Å². The summed E-state index contributed by atoms with van der Waals surface area (Å²) in [6.07, 6.45) is 0. The molecule has 0 aliphatic carbocycles. The van der Waals surface area contributed by atoms with Gasteiger partial charge in [-0.2, -0.15) is 0 Å². The van der Waals surface area contributed by atoms with E-state index in [0.717, 1.165) is 12.1 Å². The molecule has 0 spiro atoms. The predicted molar refractivity (Wildman–Crippen MR) is 61.9 cm³/mol. The van der Waals surface area contributed by atoms with Crippen molar-refractivity contribution in [2.75, 3.05) is 13.1 Å². The summed E-state index contributed by atoms with van der Waals surface area (Å²) in [6.45, 7) is 3.39. The summed E-state index contributed by atoms with van der Waals surface area (Å²) in [4.78, 5) is 0. The van der Waals surface area contributed by atoms with Crippen molar-refractivity contribution < 1.29 is 0 Å². The lowest BCUT2D eigenvalue weighted by molar-refractivity contribution is 0.562. The summed E-state index contributed by atoms with van der Waals surface area (Å²) in [5, 5.41) is 4.41. The molecule has 14 heavy (non-hydrogen) atoms. The van der Waals surface area contributed by atoms with Crippen LogP contribution in [0.2, 0.25) is 10.0 Å². The second-order valence-corrected chi connectivity index (χ2v) is 3.77. The molecule has 2 nitrogen and oxygen atoms in total. The van der Waals surface area contributed by atoms with Gasteiger partial charge in [0.15, 0.2) is 0 Å². The molecule has 0 radical (unpaired) electrons. The first-order valence-electron chi connectivity index (χ1n) is 4.58. The molecule has 0 bridgehead atoms. The molecule has 78 valence electrons. The Kier molecular flexibility index (Phi) is 4.69. The molecule has 4 heteroatoms. The van der Waals surface area contributed by atoms with Crippen molar-refractivity contribution in [3.8, 4) is 0 Å². The Morgan fingerprint density at radius 2 is 2.14 bits per heavy atom. The molecule has 0 saturated carbocycles. The van der Waals surface area contributed by atoms with Gasteiger partial charge in [-0.25, -0.2) is 0 Å². The summed E-state index contributed by atoms with van der Waals surface area (Å²) in [5.41, 5.74) is 6.61. The minimum absolute atomic E-state index is 0.0752. The van der Waals surface area contributed by atoms with E-state index in [4.69, 9.17) is 28.9 Å². The van der Waals surface area contributed by atoms with Gasteiger partial charge in [0, 0.05) is 12.6 Å². The van der Waals surface area contributed by atoms with Gasteiger partial charge in [0.25, 0.3) is 0 Å². The zero-order valence-electron chi connectivity index (χ0n) is 8.06. The van der Waals surface area contributed by atoms with Crippen molar-refractivity contribution in [1.29, 1.82) is 0 Å². The van der Waals surface area contributed by atoms with E-state index in [1.54, 1.807) is 6.07 Å². The minimum atomic E-state index is 0.0752. The van der Waals surface area contributed by atoms with Gasteiger partial charge in [-0.15, -0.1) is 0 Å². The van der Waals surface area contributed by atoms with E-state index >= 15 is 0 Å². The molecule has 0 aliphatic rings. The van der Waals surface area contributed by atoms with Crippen LogP contribution in [0.1, 0.15) is 18.5 Å². The van der Waals surface area contributed by atoms with Gasteiger partial charge in [0.05, 0.1) is 10.0 Å². The molecular weight excluding hydrogens is 219 g/mol. The van der Waals surface area contributed by atoms with Crippen LogP contribution in [0.5, 0.6) is 0 Å². The van der Waals surface area contributed by atoms with E-state index in [9.17, 15) is 0 Å². The summed E-state index contributed by atoms with van der Waals surface area (Å²) in [7, 11) is 0. The molecule has 0 saturated heterocycles. The van der Waals surface area contributed by atoms with Crippen LogP contribution in [-0.2, 0) is 0 Å². The van der Waals surface area contributed by atoms with Crippen LogP contribution in [0, 0.1) is 0 Å². The van der Waals surface area contributed by atoms with Crippen LogP contribution in [0.25, 0.3) is 0 Å². The number of hydrogen-bond donors (Lipinski definition) is 2. The lowest BCUT2D eigenvalue weighted by Crippen LogP contribution is -2.28. The number of rotatable bonds is 4. The molecule has 1 aromatic rings. The second-order valence-electron chi connectivity index (χ2n) is 2.99. The van der Waals surface area contributed by atoms with E-state index in [1.807, 2.05) is 19.1 Å². The number of likely N-dealkylation sites (N-methyl/N-ethyl adjacent to an activating group) is 1. The standard InChI is InChI=1S/C10H14Cl2N2/c1-2-14-9(6-13)7-4-3-5-8(11)10(7)12/h3-5,9,14H,2,6,13H2,1H3. The van der Waals surface area contributed by atoms with Crippen molar-refractivity contribution in [2.24, 2.45) is 5.73 Å². The molecule has 0 aliphatic heterocycles. The topological polar surface area (TPSA) is 38.0 Å². The maximum Gasteiger partial charge on any atom is 0.0640 e. The number of benzene rings is 1. The number of nitrogens with one attached hydrogen (secondary N) is 1. The molecule has 1 unspecified atom stereocenters. The Morgan fingerprint density at radius 1 is 1.43 bits per heavy atom. The third-order valence-corrected chi connectivity index (χ3v) is 2.88. The van der Waals surface area contributed by atoms with E-state index in [2.05, 4.69) is 5.32 Å². The monoisotopic (exact) mass is 232 g/mol. The van der Waals surface area contributed by atoms with Crippen molar-refractivity contribution in [3.05, 3.63) is 33.8 Å². The average Bonchev–Trinajstić information content (AvgIpc) is 2.19. The Bertz CT molecular complexity index is 302. The zero-order chi connectivity index (χ0) is 10.6. The highest BCUT2D eigenvalue weighted by Gasteiger charge is 2.13. The first-order valence-corrected chi connectivity index (χ1v) is 5.33. The number of hydrogen-bond acceptors (Lipinski definition) is 2. The van der Waals surface area contributed by atoms with Crippen molar-refractivity contribution in [3.63, 3.8) is 0 Å². The van der Waals surface area contributed by atoms with Crippen LogP contribution < -0.4 is 11.1 Å². The highest BCUT2D eigenvalue weighted by molar-refractivity contribution is 6.42. The van der Waals surface area contributed by atoms with Gasteiger partial charge in [0.2, 0.25) is 0 Å². The first kappa shape index (κ1) is 11.8. The maximum atomic E-state index is 6.07. The molecule has 0 amide bonds. The van der Waals surface area contributed by atoms with E-state index < -0.39 is 0 Å². The first-order chi connectivity index (χ1) is 6.70. The molecular formula is C10H14Cl2N2. The molecule has 0 fully saturated rings. The van der Waals surface area contributed by atoms with E-state index in [-0.39, 0.29) is 6.04 Å². The molecule has 0 aromatic heterocycles. The van der Waals surface area contributed by atoms with Gasteiger partial charge in [-0.05, 0) is 18.2 Å². The molecule has 3 N–H and O–H groups in total. The quantitative estimate of drug-likeness (QED) is 0.838. The third-order valence-electron chi connectivity index (χ3n) is 2.04. The summed E-state index contributed by atoms with van der Waals surface area (Å²) in [6, 6.07) is 5.66. The van der Waals surface area contributed by atoms with Crippen LogP contribution in [-0.4, -0.2) is 13.1 Å². The maximum absolute atomic E-state index is 6.07. The number of halogens is 2. The Balaban J connectivity index is 2.97. The van der Waals surface area contributed by atoms with Crippen LogP contribution >= 0.6 is 23.2 Å². The predicted octanol–water partition coefficient (Wildman–Crippen LogP) is 2.60. The summed E-state index contributed by atoms with van der Waals surface area (Å²) < 4.78 is 0. The molecule has 1 rings (SSSR count). The smallest absolute Gasteiger partial charge is 0.0640 e. The zero-order valence-corrected chi connectivity index (χ0v) is 9.57. The van der Waals surface area contributed by atoms with Gasteiger partial charge in [-0.1, -0.05) is 42.3 Å². The Morgan fingerprint density at radius 3 is 2.71 bits per heavy atom. The van der Waals surface area contributed by atoms with Gasteiger partial charge >= 0.3 is 0 Å². The minimum Gasteiger partial charge on any atom is -0.329 e.